The van der Waals surface area contributed by atoms with Gasteiger partial charge in [-0.05, 0) is 118 Å². The zero-order chi connectivity index (χ0) is 32.8. The number of aryl methyl sites for hydroxylation is 1. The van der Waals surface area contributed by atoms with E-state index in [2.05, 4.69) is 59.6 Å². The Morgan fingerprint density at radius 3 is 2.45 bits per heavy atom. The van der Waals surface area contributed by atoms with Crippen LogP contribution in [0.5, 0.6) is 5.75 Å². The highest BCUT2D eigenvalue weighted by atomic mass is 32.1. The van der Waals surface area contributed by atoms with E-state index in [-0.39, 0.29) is 43.6 Å². The van der Waals surface area contributed by atoms with Crippen LogP contribution in [0.2, 0.25) is 0 Å². The van der Waals surface area contributed by atoms with Crippen LogP contribution in [0.25, 0.3) is 10.4 Å². The normalized spacial score (nSPS) is 22.9. The van der Waals surface area contributed by atoms with Crippen LogP contribution >= 0.6 is 11.3 Å². The maximum atomic E-state index is 14.4. The number of hydrogen-bond acceptors (Lipinski definition) is 7. The summed E-state index contributed by atoms with van der Waals surface area (Å²) < 4.78 is 10.7. The molecule has 0 unspecified atom stereocenters. The molecule has 3 saturated carbocycles. The van der Waals surface area contributed by atoms with Crippen LogP contribution < -0.4 is 15.0 Å². The Labute approximate surface area is 282 Å². The molecule has 2 amide bonds. The van der Waals surface area contributed by atoms with E-state index in [0.717, 1.165) is 79.8 Å². The standard InChI is InChI=1S/C38H49N3O5S/c1-25-20-30(14-17-34(25)45-2)27-8-6-26(7-9-27)23-41(33-5-3-4-31(21-33)35-22-39-37(47-35)28-10-11-28)38(44)29-12-15-32(16-13-29)40-36(43)24-46-19-18-42/h3-5,14,17,20-22,26-29,32,42H,6-13,15-16,18-19,23-24H2,1-2H3,(H,40,43). The van der Waals surface area contributed by atoms with Crippen molar-refractivity contribution in [3.05, 3.63) is 64.8 Å². The molecule has 0 aliphatic heterocycles. The van der Waals surface area contributed by atoms with Gasteiger partial charge < -0.3 is 24.8 Å². The molecule has 0 bridgehead atoms. The van der Waals surface area contributed by atoms with Crippen molar-refractivity contribution < 1.29 is 24.2 Å². The lowest BCUT2D eigenvalue weighted by atomic mass is 9.78. The molecular weight excluding hydrogens is 611 g/mol. The summed E-state index contributed by atoms with van der Waals surface area (Å²) in [6.07, 6.45) is 11.9. The van der Waals surface area contributed by atoms with Crippen molar-refractivity contribution >= 4 is 28.8 Å². The van der Waals surface area contributed by atoms with Crippen LogP contribution in [0, 0.1) is 18.8 Å². The molecule has 1 aromatic heterocycles. The summed E-state index contributed by atoms with van der Waals surface area (Å²) in [5, 5.41) is 13.2. The number of rotatable bonds is 13. The SMILES string of the molecule is COc1ccc(C2CCC(CN(C(=O)C3CCC(NC(=O)COCCO)CC3)c3cccc(-c4cnc(C5CC5)s4)c3)CC2)cc1C. The van der Waals surface area contributed by atoms with Crippen molar-refractivity contribution in [3.63, 3.8) is 0 Å². The van der Waals surface area contributed by atoms with Crippen LogP contribution in [-0.2, 0) is 14.3 Å². The van der Waals surface area contributed by atoms with Crippen LogP contribution in [0.15, 0.2) is 48.7 Å². The van der Waals surface area contributed by atoms with Gasteiger partial charge >= 0.3 is 0 Å². The molecule has 3 aliphatic carbocycles. The summed E-state index contributed by atoms with van der Waals surface area (Å²) >= 11 is 1.78. The number of methoxy groups -OCH3 is 1. The van der Waals surface area contributed by atoms with Gasteiger partial charge in [-0.1, -0.05) is 24.3 Å². The fourth-order valence-electron chi connectivity index (χ4n) is 7.39. The number of hydrogen-bond donors (Lipinski definition) is 2. The molecule has 1 heterocycles. The summed E-state index contributed by atoms with van der Waals surface area (Å²) in [5.74, 6) is 2.51. The van der Waals surface area contributed by atoms with Gasteiger partial charge in [0.15, 0.2) is 0 Å². The lowest BCUT2D eigenvalue weighted by molar-refractivity contribution is -0.127. The molecule has 47 heavy (non-hydrogen) atoms. The van der Waals surface area contributed by atoms with E-state index in [9.17, 15) is 9.59 Å². The average molecular weight is 660 g/mol. The Bertz CT molecular complexity index is 1500. The summed E-state index contributed by atoms with van der Waals surface area (Å²) in [5.41, 5.74) is 4.66. The van der Waals surface area contributed by atoms with Gasteiger partial charge in [0, 0.05) is 36.3 Å². The molecule has 2 N–H and O–H groups in total. The van der Waals surface area contributed by atoms with E-state index in [1.807, 2.05) is 6.20 Å². The van der Waals surface area contributed by atoms with Crippen molar-refractivity contribution in [3.8, 4) is 16.2 Å². The number of aromatic nitrogens is 1. The smallest absolute Gasteiger partial charge is 0.246 e. The van der Waals surface area contributed by atoms with Gasteiger partial charge in [0.05, 0.1) is 30.2 Å². The maximum Gasteiger partial charge on any atom is 0.246 e. The van der Waals surface area contributed by atoms with E-state index < -0.39 is 0 Å². The number of carbonyl (C=O) groups is 2. The highest BCUT2D eigenvalue weighted by Gasteiger charge is 2.33. The van der Waals surface area contributed by atoms with Crippen LogP contribution in [0.3, 0.4) is 0 Å². The molecule has 3 aliphatic rings. The summed E-state index contributed by atoms with van der Waals surface area (Å²) in [6, 6.07) is 15.1. The van der Waals surface area contributed by atoms with Gasteiger partial charge in [0.2, 0.25) is 11.8 Å². The molecule has 9 heteroatoms. The number of aliphatic hydroxyl groups is 1. The third kappa shape index (κ3) is 8.61. The first-order chi connectivity index (χ1) is 22.9. The lowest BCUT2D eigenvalue weighted by Crippen LogP contribution is -2.44. The van der Waals surface area contributed by atoms with Crippen molar-refractivity contribution in [2.75, 3.05) is 38.4 Å². The molecule has 0 saturated heterocycles. The van der Waals surface area contributed by atoms with Crippen molar-refractivity contribution in [1.29, 1.82) is 0 Å². The molecule has 0 radical (unpaired) electrons. The number of benzene rings is 2. The molecule has 252 valence electrons. The highest BCUT2D eigenvalue weighted by molar-refractivity contribution is 7.15. The third-order valence-electron chi connectivity index (χ3n) is 10.2. The van der Waals surface area contributed by atoms with Gasteiger partial charge in [0.1, 0.15) is 12.4 Å². The van der Waals surface area contributed by atoms with E-state index in [0.29, 0.717) is 17.8 Å². The maximum absolute atomic E-state index is 14.4. The second-order valence-corrected chi connectivity index (χ2v) is 14.7. The number of amides is 2. The van der Waals surface area contributed by atoms with Gasteiger partial charge in [-0.3, -0.25) is 9.59 Å². The molecule has 3 aromatic rings. The second kappa shape index (κ2) is 15.8. The Morgan fingerprint density at radius 1 is 0.979 bits per heavy atom. The largest absolute Gasteiger partial charge is 0.496 e. The van der Waals surface area contributed by atoms with Crippen molar-refractivity contribution in [2.45, 2.75) is 89.0 Å². The molecule has 6 rings (SSSR count). The number of thiazole rings is 1. The van der Waals surface area contributed by atoms with E-state index >= 15 is 0 Å². The molecule has 8 nitrogen and oxygen atoms in total. The predicted molar refractivity (Wildman–Crippen MR) is 186 cm³/mol. The fraction of sp³-hybridized carbons (Fsp3) is 0.553. The fourth-order valence-corrected chi connectivity index (χ4v) is 8.47. The Kier molecular flexibility index (Phi) is 11.3. The van der Waals surface area contributed by atoms with Crippen LogP contribution in [0.4, 0.5) is 5.69 Å². The minimum absolute atomic E-state index is 0.0462. The first-order valence-corrected chi connectivity index (χ1v) is 18.2. The molecule has 3 fully saturated rings. The summed E-state index contributed by atoms with van der Waals surface area (Å²) in [4.78, 5) is 34.6. The number of aliphatic hydroxyl groups excluding tert-OH is 1. The van der Waals surface area contributed by atoms with E-state index in [4.69, 9.17) is 19.6 Å². The van der Waals surface area contributed by atoms with Gasteiger partial charge in [-0.2, -0.15) is 0 Å². The lowest BCUT2D eigenvalue weighted by Gasteiger charge is -2.36. The number of anilines is 1. The molecule has 0 spiro atoms. The quantitative estimate of drug-likeness (QED) is 0.192. The number of nitrogens with one attached hydrogen (secondary N) is 1. The predicted octanol–water partition coefficient (Wildman–Crippen LogP) is 7.00. The minimum Gasteiger partial charge on any atom is -0.496 e. The van der Waals surface area contributed by atoms with E-state index in [1.54, 1.807) is 18.4 Å². The Morgan fingerprint density at radius 2 is 1.74 bits per heavy atom. The summed E-state index contributed by atoms with van der Waals surface area (Å²) in [7, 11) is 1.72. The number of ether oxygens (including phenoxy) is 2. The summed E-state index contributed by atoms with van der Waals surface area (Å²) in [6.45, 7) is 2.84. The van der Waals surface area contributed by atoms with Crippen molar-refractivity contribution in [1.82, 2.24) is 10.3 Å². The van der Waals surface area contributed by atoms with Crippen LogP contribution in [-0.4, -0.2) is 61.4 Å². The molecule has 0 atom stereocenters. The van der Waals surface area contributed by atoms with E-state index in [1.165, 1.54) is 29.0 Å². The Balaban J connectivity index is 1.14. The average Bonchev–Trinajstić information content (AvgIpc) is 3.83. The third-order valence-corrected chi connectivity index (χ3v) is 11.5. The highest BCUT2D eigenvalue weighted by Crippen LogP contribution is 2.44. The van der Waals surface area contributed by atoms with Gasteiger partial charge in [-0.25, -0.2) is 4.98 Å². The topological polar surface area (TPSA) is 101 Å². The zero-order valence-corrected chi connectivity index (χ0v) is 28.6. The first kappa shape index (κ1) is 33.6. The minimum atomic E-state index is -0.167. The van der Waals surface area contributed by atoms with Gasteiger partial charge in [-0.15, -0.1) is 11.3 Å². The monoisotopic (exact) mass is 659 g/mol. The number of nitrogens with zero attached hydrogens (tertiary/aromatic N) is 2. The first-order valence-electron chi connectivity index (χ1n) is 17.4. The van der Waals surface area contributed by atoms with Crippen LogP contribution in [0.1, 0.15) is 92.2 Å². The molecular formula is C38H49N3O5S. The zero-order valence-electron chi connectivity index (χ0n) is 27.8. The molecule has 2 aromatic carbocycles. The van der Waals surface area contributed by atoms with Crippen molar-refractivity contribution in [2.24, 2.45) is 11.8 Å². The Hall–Kier alpha value is -3.27. The van der Waals surface area contributed by atoms with Gasteiger partial charge in [0.25, 0.3) is 0 Å². The number of carbonyl (C=O) groups excluding carboxylic acids is 2. The second-order valence-electron chi connectivity index (χ2n) is 13.7.